The highest BCUT2D eigenvalue weighted by molar-refractivity contribution is 5.85. The van der Waals surface area contributed by atoms with E-state index in [0.29, 0.717) is 12.5 Å². The number of nitrogens with zero attached hydrogens (tertiary/aromatic N) is 1. The molecule has 0 spiro atoms. The van der Waals surface area contributed by atoms with E-state index in [0.717, 1.165) is 38.8 Å². The molecule has 1 aliphatic heterocycles. The molecule has 1 rings (SSSR count). The Balaban J connectivity index is 2.43. The maximum atomic E-state index is 12.2. The average molecular weight is 284 g/mol. The summed E-state index contributed by atoms with van der Waals surface area (Å²) in [6, 6.07) is -0.221. The Labute approximate surface area is 121 Å². The largest absolute Gasteiger partial charge is 0.480 e. The number of carboxylic acids is 1. The van der Waals surface area contributed by atoms with Crippen LogP contribution in [0, 0.1) is 5.92 Å². The third kappa shape index (κ3) is 5.12. The zero-order valence-corrected chi connectivity index (χ0v) is 12.9. The second-order valence-electron chi connectivity index (χ2n) is 5.95. The fraction of sp³-hybridized carbons (Fsp3) is 0.867. The molecule has 1 fully saturated rings. The van der Waals surface area contributed by atoms with E-state index in [-0.39, 0.29) is 11.8 Å². The van der Waals surface area contributed by atoms with Gasteiger partial charge in [-0.3, -0.25) is 4.79 Å². The standard InChI is InChI=1S/C15H28N2O3/c1-4-5-6-13(15(19)20)16-14(18)12-7-9-17(10-8-12)11(2)3/h11-13H,4-10H2,1-3H3,(H,16,18)(H,19,20). The molecule has 2 N–H and O–H groups in total. The second kappa shape index (κ2) is 8.25. The first kappa shape index (κ1) is 17.0. The van der Waals surface area contributed by atoms with Crippen LogP contribution >= 0.6 is 0 Å². The van der Waals surface area contributed by atoms with Crippen LogP contribution in [0.15, 0.2) is 0 Å². The van der Waals surface area contributed by atoms with E-state index in [1.165, 1.54) is 0 Å². The Bertz CT molecular complexity index is 323. The minimum atomic E-state index is -0.925. The van der Waals surface area contributed by atoms with Crippen LogP contribution in [0.5, 0.6) is 0 Å². The molecule has 0 radical (unpaired) electrons. The third-order valence-corrected chi connectivity index (χ3v) is 4.09. The summed E-state index contributed by atoms with van der Waals surface area (Å²) in [5.74, 6) is -1.04. The summed E-state index contributed by atoms with van der Waals surface area (Å²) >= 11 is 0. The lowest BCUT2D eigenvalue weighted by Gasteiger charge is -2.34. The van der Waals surface area contributed by atoms with Crippen LogP contribution in [0.25, 0.3) is 0 Å². The smallest absolute Gasteiger partial charge is 0.326 e. The van der Waals surface area contributed by atoms with Gasteiger partial charge in [-0.1, -0.05) is 19.8 Å². The highest BCUT2D eigenvalue weighted by atomic mass is 16.4. The summed E-state index contributed by atoms with van der Waals surface area (Å²) in [7, 11) is 0. The minimum Gasteiger partial charge on any atom is -0.480 e. The van der Waals surface area contributed by atoms with Gasteiger partial charge in [-0.2, -0.15) is 0 Å². The molecule has 5 nitrogen and oxygen atoms in total. The van der Waals surface area contributed by atoms with E-state index in [2.05, 4.69) is 24.1 Å². The average Bonchev–Trinajstić information content (AvgIpc) is 2.42. The molecule has 1 atom stereocenters. The van der Waals surface area contributed by atoms with Crippen LogP contribution < -0.4 is 5.32 Å². The number of carboxylic acid groups (broad SMARTS) is 1. The minimum absolute atomic E-state index is 0.0338. The zero-order valence-electron chi connectivity index (χ0n) is 12.9. The summed E-state index contributed by atoms with van der Waals surface area (Å²) in [5, 5.41) is 11.8. The Hall–Kier alpha value is -1.10. The Morgan fingerprint density at radius 2 is 1.90 bits per heavy atom. The molecule has 20 heavy (non-hydrogen) atoms. The van der Waals surface area contributed by atoms with Crippen LogP contribution in [0.2, 0.25) is 0 Å². The Morgan fingerprint density at radius 1 is 1.30 bits per heavy atom. The second-order valence-corrected chi connectivity index (χ2v) is 5.95. The van der Waals surface area contributed by atoms with E-state index in [1.807, 2.05) is 6.92 Å². The van der Waals surface area contributed by atoms with Gasteiger partial charge in [0, 0.05) is 12.0 Å². The first-order chi connectivity index (χ1) is 9.45. The van der Waals surface area contributed by atoms with E-state index >= 15 is 0 Å². The molecule has 0 aromatic heterocycles. The number of hydrogen-bond acceptors (Lipinski definition) is 3. The van der Waals surface area contributed by atoms with Crippen LogP contribution in [0.1, 0.15) is 52.9 Å². The maximum absolute atomic E-state index is 12.2. The van der Waals surface area contributed by atoms with Crippen LogP contribution in [-0.4, -0.2) is 47.1 Å². The fourth-order valence-corrected chi connectivity index (χ4v) is 2.63. The number of rotatable bonds is 7. The molecule has 5 heteroatoms. The predicted molar refractivity (Wildman–Crippen MR) is 78.5 cm³/mol. The number of piperidine rings is 1. The molecule has 0 aliphatic carbocycles. The summed E-state index contributed by atoms with van der Waals surface area (Å²) in [6.07, 6.45) is 3.92. The summed E-state index contributed by atoms with van der Waals surface area (Å²) in [5.41, 5.74) is 0. The number of hydrogen-bond donors (Lipinski definition) is 2. The molecular formula is C15H28N2O3. The normalized spacial score (nSPS) is 19.0. The number of carbonyl (C=O) groups is 2. The Kier molecular flexibility index (Phi) is 6.99. The van der Waals surface area contributed by atoms with E-state index in [1.54, 1.807) is 0 Å². The highest BCUT2D eigenvalue weighted by Gasteiger charge is 2.28. The van der Waals surface area contributed by atoms with Crippen molar-refractivity contribution in [3.63, 3.8) is 0 Å². The fourth-order valence-electron chi connectivity index (χ4n) is 2.63. The van der Waals surface area contributed by atoms with Crippen molar-refractivity contribution in [2.24, 2.45) is 5.92 Å². The molecule has 1 heterocycles. The number of amides is 1. The van der Waals surface area contributed by atoms with Gasteiger partial charge in [-0.05, 0) is 46.2 Å². The lowest BCUT2D eigenvalue weighted by molar-refractivity contribution is -0.143. The summed E-state index contributed by atoms with van der Waals surface area (Å²) in [4.78, 5) is 25.7. The van der Waals surface area contributed by atoms with Gasteiger partial charge in [0.25, 0.3) is 0 Å². The highest BCUT2D eigenvalue weighted by Crippen LogP contribution is 2.19. The molecule has 0 bridgehead atoms. The monoisotopic (exact) mass is 284 g/mol. The van der Waals surface area contributed by atoms with E-state index in [4.69, 9.17) is 5.11 Å². The van der Waals surface area contributed by atoms with Gasteiger partial charge in [-0.15, -0.1) is 0 Å². The number of aliphatic carboxylic acids is 1. The van der Waals surface area contributed by atoms with E-state index < -0.39 is 12.0 Å². The lowest BCUT2D eigenvalue weighted by atomic mass is 9.94. The molecule has 1 unspecified atom stereocenters. The van der Waals surface area contributed by atoms with Gasteiger partial charge in [0.1, 0.15) is 6.04 Å². The van der Waals surface area contributed by atoms with Crippen LogP contribution in [0.4, 0.5) is 0 Å². The van der Waals surface area contributed by atoms with Gasteiger partial charge in [0.05, 0.1) is 0 Å². The number of carbonyl (C=O) groups excluding carboxylic acids is 1. The van der Waals surface area contributed by atoms with Gasteiger partial charge in [0.2, 0.25) is 5.91 Å². The van der Waals surface area contributed by atoms with Crippen molar-refractivity contribution in [3.8, 4) is 0 Å². The van der Waals surface area contributed by atoms with Crippen molar-refractivity contribution in [1.82, 2.24) is 10.2 Å². The zero-order chi connectivity index (χ0) is 15.1. The van der Waals surface area contributed by atoms with Crippen molar-refractivity contribution in [2.45, 2.75) is 65.0 Å². The first-order valence-corrected chi connectivity index (χ1v) is 7.73. The van der Waals surface area contributed by atoms with Crippen molar-refractivity contribution >= 4 is 11.9 Å². The molecule has 116 valence electrons. The van der Waals surface area contributed by atoms with Gasteiger partial charge in [-0.25, -0.2) is 4.79 Å². The van der Waals surface area contributed by atoms with Gasteiger partial charge < -0.3 is 15.3 Å². The van der Waals surface area contributed by atoms with Crippen LogP contribution in [-0.2, 0) is 9.59 Å². The third-order valence-electron chi connectivity index (χ3n) is 4.09. The molecule has 0 aromatic carbocycles. The summed E-state index contributed by atoms with van der Waals surface area (Å²) in [6.45, 7) is 8.17. The van der Waals surface area contributed by atoms with Gasteiger partial charge in [0.15, 0.2) is 0 Å². The van der Waals surface area contributed by atoms with Crippen molar-refractivity contribution in [2.75, 3.05) is 13.1 Å². The predicted octanol–water partition coefficient (Wildman–Crippen LogP) is 1.87. The van der Waals surface area contributed by atoms with Crippen LogP contribution in [0.3, 0.4) is 0 Å². The number of likely N-dealkylation sites (tertiary alicyclic amines) is 1. The SMILES string of the molecule is CCCCC(NC(=O)C1CCN(C(C)C)CC1)C(=O)O. The maximum Gasteiger partial charge on any atom is 0.326 e. The lowest BCUT2D eigenvalue weighted by Crippen LogP contribution is -2.47. The molecule has 1 amide bonds. The van der Waals surface area contributed by atoms with Crippen molar-refractivity contribution in [3.05, 3.63) is 0 Å². The van der Waals surface area contributed by atoms with Crippen molar-refractivity contribution < 1.29 is 14.7 Å². The molecular weight excluding hydrogens is 256 g/mol. The van der Waals surface area contributed by atoms with E-state index in [9.17, 15) is 9.59 Å². The molecule has 1 aliphatic rings. The quantitative estimate of drug-likeness (QED) is 0.749. The van der Waals surface area contributed by atoms with Crippen molar-refractivity contribution in [1.29, 1.82) is 0 Å². The number of unbranched alkanes of at least 4 members (excludes halogenated alkanes) is 1. The topological polar surface area (TPSA) is 69.6 Å². The molecule has 0 aromatic rings. The Morgan fingerprint density at radius 3 is 2.35 bits per heavy atom. The summed E-state index contributed by atoms with van der Waals surface area (Å²) < 4.78 is 0. The molecule has 1 saturated heterocycles. The first-order valence-electron chi connectivity index (χ1n) is 7.73. The van der Waals surface area contributed by atoms with Gasteiger partial charge >= 0.3 is 5.97 Å². The number of nitrogens with one attached hydrogen (secondary N) is 1. The molecule has 0 saturated carbocycles.